The Kier molecular flexibility index (Phi) is 5.59. The molecule has 0 aliphatic rings. The van der Waals surface area contributed by atoms with Gasteiger partial charge in [-0.25, -0.2) is 4.98 Å². The van der Waals surface area contributed by atoms with Gasteiger partial charge in [0.05, 0.1) is 16.3 Å². The van der Waals surface area contributed by atoms with Gasteiger partial charge in [0.15, 0.2) is 5.16 Å². The first-order valence-corrected chi connectivity index (χ1v) is 9.00. The van der Waals surface area contributed by atoms with E-state index in [-0.39, 0.29) is 11.7 Å². The van der Waals surface area contributed by atoms with Gasteiger partial charge in [-0.3, -0.25) is 4.79 Å². The van der Waals surface area contributed by atoms with Crippen molar-refractivity contribution in [2.45, 2.75) is 30.1 Å². The Morgan fingerprint density at radius 1 is 1.22 bits per heavy atom. The molecule has 0 aliphatic carbocycles. The van der Waals surface area contributed by atoms with Gasteiger partial charge in [0.1, 0.15) is 5.75 Å². The molecular formula is C18H16F3N3O2S. The Balaban J connectivity index is 1.64. The number of thioether (sulfide) groups is 1. The fourth-order valence-electron chi connectivity index (χ4n) is 2.40. The minimum atomic E-state index is -4.75. The lowest BCUT2D eigenvalue weighted by Gasteiger charge is -2.14. The number of ether oxygens (including phenoxy) is 1. The lowest BCUT2D eigenvalue weighted by atomic mass is 10.2. The summed E-state index contributed by atoms with van der Waals surface area (Å²) in [7, 11) is 0. The number of benzene rings is 2. The Morgan fingerprint density at radius 3 is 2.56 bits per heavy atom. The second-order valence-corrected chi connectivity index (χ2v) is 6.83. The molecule has 1 heterocycles. The van der Waals surface area contributed by atoms with Gasteiger partial charge in [0.2, 0.25) is 5.91 Å². The number of imidazole rings is 1. The summed E-state index contributed by atoms with van der Waals surface area (Å²) in [4.78, 5) is 20.1. The average molecular weight is 395 g/mol. The number of nitrogens with zero attached hydrogens (tertiary/aromatic N) is 1. The molecule has 0 fully saturated rings. The van der Waals surface area contributed by atoms with E-state index >= 15 is 0 Å². The number of anilines is 1. The Bertz CT molecular complexity index is 892. The van der Waals surface area contributed by atoms with Gasteiger partial charge in [-0.2, -0.15) is 0 Å². The molecule has 0 spiro atoms. The van der Waals surface area contributed by atoms with Crippen LogP contribution in [0.25, 0.3) is 11.0 Å². The highest BCUT2D eigenvalue weighted by molar-refractivity contribution is 8.00. The van der Waals surface area contributed by atoms with Crippen molar-refractivity contribution in [2.75, 3.05) is 5.32 Å². The first kappa shape index (κ1) is 19.1. The van der Waals surface area contributed by atoms with Crippen LogP contribution in [0, 0.1) is 0 Å². The van der Waals surface area contributed by atoms with Crippen molar-refractivity contribution in [3.8, 4) is 5.75 Å². The summed E-state index contributed by atoms with van der Waals surface area (Å²) in [5.74, 6) is -0.600. The minimum Gasteiger partial charge on any atom is -0.406 e. The number of carbonyl (C=O) groups is 1. The fourth-order valence-corrected chi connectivity index (χ4v) is 3.33. The van der Waals surface area contributed by atoms with E-state index in [0.29, 0.717) is 17.3 Å². The molecular weight excluding hydrogens is 379 g/mol. The molecule has 27 heavy (non-hydrogen) atoms. The summed E-state index contributed by atoms with van der Waals surface area (Å²) in [6.07, 6.45) is -4.19. The number of nitrogens with one attached hydrogen (secondary N) is 2. The van der Waals surface area contributed by atoms with Crippen LogP contribution in [0.5, 0.6) is 5.75 Å². The van der Waals surface area contributed by atoms with Gasteiger partial charge in [0, 0.05) is 5.69 Å². The molecule has 142 valence electrons. The van der Waals surface area contributed by atoms with Crippen LogP contribution >= 0.6 is 11.8 Å². The zero-order chi connectivity index (χ0) is 19.4. The molecule has 0 aliphatic heterocycles. The predicted octanol–water partition coefficient (Wildman–Crippen LogP) is 4.97. The van der Waals surface area contributed by atoms with E-state index in [0.717, 1.165) is 23.2 Å². The van der Waals surface area contributed by atoms with E-state index in [1.54, 1.807) is 0 Å². The van der Waals surface area contributed by atoms with Crippen molar-refractivity contribution < 1.29 is 22.7 Å². The van der Waals surface area contributed by atoms with Gasteiger partial charge in [0.25, 0.3) is 0 Å². The summed E-state index contributed by atoms with van der Waals surface area (Å²) < 4.78 is 40.4. The normalized spacial score (nSPS) is 12.7. The SMILES string of the molecule is CCC(Sc1nc2ccccc2[nH]1)C(=O)Nc1ccc(OC(F)(F)F)cc1. The minimum absolute atomic E-state index is 0.257. The molecule has 3 rings (SSSR count). The van der Waals surface area contributed by atoms with Gasteiger partial charge in [-0.1, -0.05) is 30.8 Å². The quantitative estimate of drug-likeness (QED) is 0.578. The number of alkyl halides is 3. The first-order valence-electron chi connectivity index (χ1n) is 8.12. The third kappa shape index (κ3) is 5.16. The molecule has 2 N–H and O–H groups in total. The number of para-hydroxylation sites is 2. The average Bonchev–Trinajstić information content (AvgIpc) is 3.02. The summed E-state index contributed by atoms with van der Waals surface area (Å²) in [6, 6.07) is 12.6. The molecule has 3 aromatic rings. The highest BCUT2D eigenvalue weighted by Gasteiger charge is 2.31. The fraction of sp³-hybridized carbons (Fsp3) is 0.222. The van der Waals surface area contributed by atoms with Crippen LogP contribution in [0.1, 0.15) is 13.3 Å². The van der Waals surface area contributed by atoms with Crippen LogP contribution in [-0.2, 0) is 4.79 Å². The largest absolute Gasteiger partial charge is 0.573 e. The summed E-state index contributed by atoms with van der Waals surface area (Å²) >= 11 is 1.30. The Hall–Kier alpha value is -2.68. The van der Waals surface area contributed by atoms with Gasteiger partial charge >= 0.3 is 6.36 Å². The maximum Gasteiger partial charge on any atom is 0.573 e. The highest BCUT2D eigenvalue weighted by atomic mass is 32.2. The molecule has 0 radical (unpaired) electrons. The van der Waals surface area contributed by atoms with Crippen LogP contribution in [0.3, 0.4) is 0 Å². The molecule has 0 saturated carbocycles. The monoisotopic (exact) mass is 395 g/mol. The summed E-state index contributed by atoms with van der Waals surface area (Å²) in [5.41, 5.74) is 2.09. The third-order valence-electron chi connectivity index (χ3n) is 3.64. The number of aromatic amines is 1. The van der Waals surface area contributed by atoms with Crippen molar-refractivity contribution in [1.29, 1.82) is 0 Å². The third-order valence-corrected chi connectivity index (χ3v) is 4.89. The number of H-pyrrole nitrogens is 1. The van der Waals surface area contributed by atoms with Gasteiger partial charge in [-0.15, -0.1) is 13.2 Å². The molecule has 5 nitrogen and oxygen atoms in total. The number of amides is 1. The highest BCUT2D eigenvalue weighted by Crippen LogP contribution is 2.27. The van der Waals surface area contributed by atoms with Crippen molar-refractivity contribution in [3.05, 3.63) is 48.5 Å². The number of hydrogen-bond acceptors (Lipinski definition) is 4. The number of carbonyl (C=O) groups excluding carboxylic acids is 1. The second-order valence-electron chi connectivity index (χ2n) is 5.64. The Labute approximate surface area is 157 Å². The number of halogens is 3. The molecule has 1 atom stereocenters. The topological polar surface area (TPSA) is 67.0 Å². The van der Waals surface area contributed by atoms with E-state index in [4.69, 9.17) is 0 Å². The van der Waals surface area contributed by atoms with Crippen molar-refractivity contribution >= 4 is 34.4 Å². The standard InChI is InChI=1S/C18H16F3N3O2S/c1-2-15(27-17-23-13-5-3-4-6-14(13)24-17)16(25)22-11-7-9-12(10-8-11)26-18(19,20)21/h3-10,15H,2H2,1H3,(H,22,25)(H,23,24). The smallest absolute Gasteiger partial charge is 0.406 e. The van der Waals surface area contributed by atoms with E-state index in [1.165, 1.54) is 23.9 Å². The molecule has 0 bridgehead atoms. The zero-order valence-corrected chi connectivity index (χ0v) is 15.0. The van der Waals surface area contributed by atoms with Crippen molar-refractivity contribution in [2.24, 2.45) is 0 Å². The Morgan fingerprint density at radius 2 is 1.93 bits per heavy atom. The van der Waals surface area contributed by atoms with Crippen LogP contribution in [0.4, 0.5) is 18.9 Å². The lowest BCUT2D eigenvalue weighted by Crippen LogP contribution is -2.24. The van der Waals surface area contributed by atoms with Gasteiger partial charge in [-0.05, 0) is 42.8 Å². The van der Waals surface area contributed by atoms with Crippen molar-refractivity contribution in [3.63, 3.8) is 0 Å². The van der Waals surface area contributed by atoms with E-state index < -0.39 is 11.6 Å². The number of aromatic nitrogens is 2. The second kappa shape index (κ2) is 7.91. The van der Waals surface area contributed by atoms with E-state index in [2.05, 4.69) is 20.0 Å². The summed E-state index contributed by atoms with van der Waals surface area (Å²) in [5, 5.41) is 2.92. The molecule has 1 amide bonds. The molecule has 9 heteroatoms. The van der Waals surface area contributed by atoms with Gasteiger partial charge < -0.3 is 15.0 Å². The number of rotatable bonds is 6. The maximum atomic E-state index is 12.5. The molecule has 2 aromatic carbocycles. The molecule has 1 aromatic heterocycles. The molecule has 0 saturated heterocycles. The van der Waals surface area contributed by atoms with Crippen molar-refractivity contribution in [1.82, 2.24) is 9.97 Å². The number of fused-ring (bicyclic) bond motifs is 1. The van der Waals surface area contributed by atoms with E-state index in [1.807, 2.05) is 31.2 Å². The molecule has 1 unspecified atom stereocenters. The maximum absolute atomic E-state index is 12.5. The van der Waals surface area contributed by atoms with Crippen LogP contribution in [-0.4, -0.2) is 27.5 Å². The summed E-state index contributed by atoms with van der Waals surface area (Å²) in [6.45, 7) is 1.88. The predicted molar refractivity (Wildman–Crippen MR) is 97.8 cm³/mol. The van der Waals surface area contributed by atoms with Crippen LogP contribution in [0.2, 0.25) is 0 Å². The van der Waals surface area contributed by atoms with E-state index in [9.17, 15) is 18.0 Å². The van der Waals surface area contributed by atoms with Crippen LogP contribution < -0.4 is 10.1 Å². The number of hydrogen-bond donors (Lipinski definition) is 2. The van der Waals surface area contributed by atoms with Crippen LogP contribution in [0.15, 0.2) is 53.7 Å². The lowest BCUT2D eigenvalue weighted by molar-refractivity contribution is -0.274. The first-order chi connectivity index (χ1) is 12.8. The zero-order valence-electron chi connectivity index (χ0n) is 14.2.